The summed E-state index contributed by atoms with van der Waals surface area (Å²) in [5, 5.41) is 5.90. The standard InChI is InChI=1S/C14H22N2O2/c1-6-15-8-12(17)16-13-10(3)7-9(2)11(4)14(13)18-5/h7,15H,6,8H2,1-5H3,(H,16,17). The number of rotatable bonds is 5. The van der Waals surface area contributed by atoms with Crippen molar-refractivity contribution in [2.75, 3.05) is 25.5 Å². The Morgan fingerprint density at radius 2 is 1.94 bits per heavy atom. The lowest BCUT2D eigenvalue weighted by Crippen LogP contribution is -2.28. The summed E-state index contributed by atoms with van der Waals surface area (Å²) >= 11 is 0. The van der Waals surface area contributed by atoms with E-state index >= 15 is 0 Å². The number of aryl methyl sites for hydroxylation is 2. The first-order valence-electron chi connectivity index (χ1n) is 6.16. The van der Waals surface area contributed by atoms with Crippen molar-refractivity contribution in [1.29, 1.82) is 0 Å². The molecule has 1 amide bonds. The molecule has 2 N–H and O–H groups in total. The van der Waals surface area contributed by atoms with Gasteiger partial charge in [0.05, 0.1) is 19.3 Å². The van der Waals surface area contributed by atoms with Gasteiger partial charge in [-0.25, -0.2) is 0 Å². The molecule has 0 heterocycles. The van der Waals surface area contributed by atoms with Crippen LogP contribution in [0, 0.1) is 20.8 Å². The summed E-state index contributed by atoms with van der Waals surface area (Å²) in [5.74, 6) is 0.693. The fraction of sp³-hybridized carbons (Fsp3) is 0.500. The van der Waals surface area contributed by atoms with Gasteiger partial charge in [-0.05, 0) is 44.0 Å². The lowest BCUT2D eigenvalue weighted by Gasteiger charge is -2.17. The van der Waals surface area contributed by atoms with E-state index in [4.69, 9.17) is 4.74 Å². The van der Waals surface area contributed by atoms with Gasteiger partial charge in [-0.2, -0.15) is 0 Å². The molecule has 100 valence electrons. The van der Waals surface area contributed by atoms with Gasteiger partial charge in [-0.3, -0.25) is 4.79 Å². The molecule has 0 radical (unpaired) electrons. The van der Waals surface area contributed by atoms with E-state index in [0.29, 0.717) is 6.54 Å². The highest BCUT2D eigenvalue weighted by atomic mass is 16.5. The zero-order valence-electron chi connectivity index (χ0n) is 11.8. The van der Waals surface area contributed by atoms with E-state index in [9.17, 15) is 4.79 Å². The van der Waals surface area contributed by atoms with E-state index in [-0.39, 0.29) is 5.91 Å². The van der Waals surface area contributed by atoms with E-state index in [1.165, 1.54) is 0 Å². The highest BCUT2D eigenvalue weighted by Gasteiger charge is 2.14. The Bertz CT molecular complexity index is 442. The molecule has 4 heteroatoms. The van der Waals surface area contributed by atoms with E-state index in [0.717, 1.165) is 34.7 Å². The summed E-state index contributed by atoms with van der Waals surface area (Å²) < 4.78 is 5.41. The number of likely N-dealkylation sites (N-methyl/N-ethyl adjacent to an activating group) is 1. The average molecular weight is 250 g/mol. The molecular weight excluding hydrogens is 228 g/mol. The normalized spacial score (nSPS) is 10.3. The Kier molecular flexibility index (Phi) is 5.16. The van der Waals surface area contributed by atoms with Crippen LogP contribution in [0.1, 0.15) is 23.6 Å². The van der Waals surface area contributed by atoms with Crippen molar-refractivity contribution in [3.05, 3.63) is 22.8 Å². The van der Waals surface area contributed by atoms with Crippen LogP contribution in [-0.2, 0) is 4.79 Å². The first-order valence-corrected chi connectivity index (χ1v) is 6.16. The summed E-state index contributed by atoms with van der Waals surface area (Å²) in [6, 6.07) is 2.06. The van der Waals surface area contributed by atoms with Crippen LogP contribution in [-0.4, -0.2) is 26.1 Å². The Morgan fingerprint density at radius 3 is 2.50 bits per heavy atom. The minimum absolute atomic E-state index is 0.0542. The number of hydrogen-bond donors (Lipinski definition) is 2. The van der Waals surface area contributed by atoms with Crippen LogP contribution in [0.15, 0.2) is 6.07 Å². The molecule has 0 aliphatic heterocycles. The fourth-order valence-electron chi connectivity index (χ4n) is 1.88. The topological polar surface area (TPSA) is 50.4 Å². The average Bonchev–Trinajstić information content (AvgIpc) is 2.34. The summed E-state index contributed by atoms with van der Waals surface area (Å²) in [5.41, 5.74) is 4.00. The summed E-state index contributed by atoms with van der Waals surface area (Å²) in [6.45, 7) is 9.05. The van der Waals surface area contributed by atoms with Crippen LogP contribution in [0.3, 0.4) is 0 Å². The summed E-state index contributed by atoms with van der Waals surface area (Å²) in [4.78, 5) is 11.8. The first kappa shape index (κ1) is 14.5. The molecule has 0 saturated heterocycles. The second-order valence-corrected chi connectivity index (χ2v) is 4.37. The largest absolute Gasteiger partial charge is 0.494 e. The van der Waals surface area contributed by atoms with Gasteiger partial charge < -0.3 is 15.4 Å². The number of carbonyl (C=O) groups excluding carboxylic acids is 1. The first-order chi connectivity index (χ1) is 8.51. The van der Waals surface area contributed by atoms with Crippen LogP contribution in [0.5, 0.6) is 5.75 Å². The molecule has 0 atom stereocenters. The van der Waals surface area contributed by atoms with Gasteiger partial charge in [-0.1, -0.05) is 13.0 Å². The number of anilines is 1. The quantitative estimate of drug-likeness (QED) is 0.842. The van der Waals surface area contributed by atoms with E-state index < -0.39 is 0 Å². The molecule has 0 aliphatic rings. The molecule has 1 aromatic carbocycles. The van der Waals surface area contributed by atoms with Crippen molar-refractivity contribution in [2.45, 2.75) is 27.7 Å². The van der Waals surface area contributed by atoms with E-state index in [1.807, 2.05) is 27.7 Å². The molecule has 0 aliphatic carbocycles. The molecule has 0 saturated carbocycles. The predicted octanol–water partition coefficient (Wildman–Crippen LogP) is 2.17. The number of hydrogen-bond acceptors (Lipinski definition) is 3. The van der Waals surface area contributed by atoms with Crippen molar-refractivity contribution < 1.29 is 9.53 Å². The van der Waals surface area contributed by atoms with Crippen LogP contribution in [0.4, 0.5) is 5.69 Å². The van der Waals surface area contributed by atoms with Crippen molar-refractivity contribution in [3.63, 3.8) is 0 Å². The Balaban J connectivity index is 3.01. The zero-order chi connectivity index (χ0) is 13.7. The van der Waals surface area contributed by atoms with E-state index in [2.05, 4.69) is 16.7 Å². The molecule has 0 aromatic heterocycles. The van der Waals surface area contributed by atoms with Gasteiger partial charge in [0, 0.05) is 0 Å². The second-order valence-electron chi connectivity index (χ2n) is 4.37. The third kappa shape index (κ3) is 3.23. The minimum atomic E-state index is -0.0542. The number of methoxy groups -OCH3 is 1. The van der Waals surface area contributed by atoms with Crippen LogP contribution >= 0.6 is 0 Å². The van der Waals surface area contributed by atoms with Crippen molar-refractivity contribution in [2.24, 2.45) is 0 Å². The highest BCUT2D eigenvalue weighted by molar-refractivity contribution is 5.95. The van der Waals surface area contributed by atoms with Gasteiger partial charge in [0.1, 0.15) is 5.75 Å². The zero-order valence-corrected chi connectivity index (χ0v) is 11.8. The van der Waals surface area contributed by atoms with Crippen LogP contribution in [0.25, 0.3) is 0 Å². The Hall–Kier alpha value is -1.55. The molecular formula is C14H22N2O2. The number of amides is 1. The molecule has 1 rings (SSSR count). The maximum absolute atomic E-state index is 11.8. The van der Waals surface area contributed by atoms with Crippen LogP contribution < -0.4 is 15.4 Å². The highest BCUT2D eigenvalue weighted by Crippen LogP contribution is 2.33. The number of ether oxygens (including phenoxy) is 1. The Morgan fingerprint density at radius 1 is 1.28 bits per heavy atom. The monoisotopic (exact) mass is 250 g/mol. The molecule has 1 aromatic rings. The third-order valence-electron chi connectivity index (χ3n) is 2.99. The minimum Gasteiger partial charge on any atom is -0.494 e. The Labute approximate surface area is 109 Å². The predicted molar refractivity (Wildman–Crippen MR) is 74.4 cm³/mol. The molecule has 4 nitrogen and oxygen atoms in total. The van der Waals surface area contributed by atoms with Gasteiger partial charge in [0.2, 0.25) is 5.91 Å². The van der Waals surface area contributed by atoms with E-state index in [1.54, 1.807) is 7.11 Å². The molecule has 0 fully saturated rings. The smallest absolute Gasteiger partial charge is 0.238 e. The van der Waals surface area contributed by atoms with Crippen LogP contribution in [0.2, 0.25) is 0 Å². The molecule has 18 heavy (non-hydrogen) atoms. The van der Waals surface area contributed by atoms with Crippen molar-refractivity contribution in [1.82, 2.24) is 5.32 Å². The second kappa shape index (κ2) is 6.40. The fourth-order valence-corrected chi connectivity index (χ4v) is 1.88. The molecule has 0 spiro atoms. The molecule has 0 unspecified atom stereocenters. The van der Waals surface area contributed by atoms with Gasteiger partial charge in [-0.15, -0.1) is 0 Å². The summed E-state index contributed by atoms with van der Waals surface area (Å²) in [7, 11) is 1.63. The van der Waals surface area contributed by atoms with Gasteiger partial charge in [0.15, 0.2) is 0 Å². The SMILES string of the molecule is CCNCC(=O)Nc1c(C)cc(C)c(C)c1OC. The maximum Gasteiger partial charge on any atom is 0.238 e. The lowest BCUT2D eigenvalue weighted by atomic mass is 10.0. The number of carbonyl (C=O) groups is 1. The molecule has 0 bridgehead atoms. The van der Waals surface area contributed by atoms with Gasteiger partial charge in [0.25, 0.3) is 0 Å². The number of benzene rings is 1. The maximum atomic E-state index is 11.8. The third-order valence-corrected chi connectivity index (χ3v) is 2.99. The van der Waals surface area contributed by atoms with Gasteiger partial charge >= 0.3 is 0 Å². The lowest BCUT2D eigenvalue weighted by molar-refractivity contribution is -0.115. The van der Waals surface area contributed by atoms with Crippen molar-refractivity contribution in [3.8, 4) is 5.75 Å². The number of nitrogens with one attached hydrogen (secondary N) is 2. The van der Waals surface area contributed by atoms with Crippen molar-refractivity contribution >= 4 is 11.6 Å². The summed E-state index contributed by atoms with van der Waals surface area (Å²) in [6.07, 6.45) is 0.